The molecular formula is C30H30F3N5O6S. The number of nitro benzene ring substituents is 1. The van der Waals surface area contributed by atoms with E-state index in [1.807, 2.05) is 6.92 Å². The van der Waals surface area contributed by atoms with Crippen molar-refractivity contribution in [1.29, 1.82) is 0 Å². The highest BCUT2D eigenvalue weighted by Gasteiger charge is 2.31. The number of non-ortho nitro benzene ring substituents is 1. The van der Waals surface area contributed by atoms with Crippen LogP contribution in [0, 0.1) is 24.0 Å². The summed E-state index contributed by atoms with van der Waals surface area (Å²) in [4.78, 5) is 23.5. The Bertz CT molecular complexity index is 1840. The minimum atomic E-state index is -4.55. The van der Waals surface area contributed by atoms with Crippen LogP contribution in [0.5, 0.6) is 11.6 Å². The number of carbonyl (C=O) groups excluding carboxylic acids is 1. The Hall–Kier alpha value is -4.76. The summed E-state index contributed by atoms with van der Waals surface area (Å²) in [5.41, 5.74) is 0.269. The van der Waals surface area contributed by atoms with Crippen molar-refractivity contribution in [2.45, 2.75) is 57.8 Å². The summed E-state index contributed by atoms with van der Waals surface area (Å²) < 4.78 is 75.9. The molecule has 0 unspecified atom stereocenters. The number of nitro groups is 1. The second-order valence-corrected chi connectivity index (χ2v) is 12.0. The summed E-state index contributed by atoms with van der Waals surface area (Å²) in [6, 6.07) is 14.1. The third kappa shape index (κ3) is 7.67. The van der Waals surface area contributed by atoms with Crippen molar-refractivity contribution in [3.8, 4) is 17.3 Å². The highest BCUT2D eigenvalue weighted by atomic mass is 32.2. The SMILES string of the molecule is CC[C@@H](C)NS(=O)(=O)c1cc([N+](=O)[O-])ccc1Oc1c(C)c(C(=O)NCc2cccc(C(F)(F)F)c2)nn1-c1ccc(C)cc1. The van der Waals surface area contributed by atoms with Crippen molar-refractivity contribution in [2.75, 3.05) is 0 Å². The summed E-state index contributed by atoms with van der Waals surface area (Å²) in [5.74, 6) is -1.05. The van der Waals surface area contributed by atoms with Crippen molar-refractivity contribution in [2.24, 2.45) is 0 Å². The van der Waals surface area contributed by atoms with Crippen LogP contribution >= 0.6 is 0 Å². The second kappa shape index (κ2) is 13.1. The Labute approximate surface area is 257 Å². The molecule has 1 aromatic heterocycles. The molecule has 3 aromatic carbocycles. The fraction of sp³-hybridized carbons (Fsp3) is 0.267. The molecule has 0 aliphatic rings. The molecule has 45 heavy (non-hydrogen) atoms. The van der Waals surface area contributed by atoms with E-state index in [9.17, 15) is 36.5 Å². The van der Waals surface area contributed by atoms with Crippen LogP contribution in [0.2, 0.25) is 0 Å². The average molecular weight is 646 g/mol. The largest absolute Gasteiger partial charge is 0.437 e. The van der Waals surface area contributed by atoms with E-state index >= 15 is 0 Å². The number of aryl methyl sites for hydroxylation is 1. The van der Waals surface area contributed by atoms with E-state index in [-0.39, 0.29) is 35.0 Å². The lowest BCUT2D eigenvalue weighted by Crippen LogP contribution is -2.32. The number of sulfonamides is 1. The lowest BCUT2D eigenvalue weighted by molar-refractivity contribution is -0.385. The van der Waals surface area contributed by atoms with Crippen LogP contribution in [0.15, 0.2) is 71.6 Å². The topological polar surface area (TPSA) is 145 Å². The van der Waals surface area contributed by atoms with Gasteiger partial charge >= 0.3 is 6.18 Å². The number of nitrogens with zero attached hydrogens (tertiary/aromatic N) is 3. The van der Waals surface area contributed by atoms with Gasteiger partial charge in [-0.3, -0.25) is 14.9 Å². The molecule has 1 atom stereocenters. The zero-order valence-electron chi connectivity index (χ0n) is 24.7. The fourth-order valence-corrected chi connectivity index (χ4v) is 5.69. The predicted molar refractivity (Wildman–Crippen MR) is 159 cm³/mol. The summed E-state index contributed by atoms with van der Waals surface area (Å²) in [6.07, 6.45) is -4.10. The number of halogens is 3. The zero-order chi connectivity index (χ0) is 33.1. The monoisotopic (exact) mass is 645 g/mol. The maximum Gasteiger partial charge on any atom is 0.416 e. The number of aromatic nitrogens is 2. The van der Waals surface area contributed by atoms with Crippen LogP contribution in [0.4, 0.5) is 18.9 Å². The van der Waals surface area contributed by atoms with Crippen LogP contribution < -0.4 is 14.8 Å². The van der Waals surface area contributed by atoms with E-state index in [2.05, 4.69) is 15.1 Å². The number of rotatable bonds is 11. The number of benzene rings is 3. The first-order valence-corrected chi connectivity index (χ1v) is 15.2. The predicted octanol–water partition coefficient (Wildman–Crippen LogP) is 6.22. The molecule has 0 bridgehead atoms. The molecule has 2 N–H and O–H groups in total. The molecule has 15 heteroatoms. The number of nitrogens with one attached hydrogen (secondary N) is 2. The normalized spacial score (nSPS) is 12.5. The number of alkyl halides is 3. The zero-order valence-corrected chi connectivity index (χ0v) is 25.5. The highest BCUT2D eigenvalue weighted by molar-refractivity contribution is 7.89. The van der Waals surface area contributed by atoms with Gasteiger partial charge in [0.15, 0.2) is 5.69 Å². The quantitative estimate of drug-likeness (QED) is 0.146. The molecule has 0 saturated heterocycles. The molecule has 0 aliphatic heterocycles. The van der Waals surface area contributed by atoms with Crippen molar-refractivity contribution < 1.29 is 36.0 Å². The van der Waals surface area contributed by atoms with Crippen LogP contribution in [0.25, 0.3) is 5.69 Å². The Morgan fingerprint density at radius 2 is 1.78 bits per heavy atom. The van der Waals surface area contributed by atoms with Gasteiger partial charge in [0, 0.05) is 30.3 Å². The average Bonchev–Trinajstić information content (AvgIpc) is 3.31. The van der Waals surface area contributed by atoms with Gasteiger partial charge in [0.2, 0.25) is 15.9 Å². The number of hydrogen-bond donors (Lipinski definition) is 2. The molecule has 1 amide bonds. The van der Waals surface area contributed by atoms with Crippen molar-refractivity contribution in [3.05, 3.63) is 105 Å². The number of hydrogen-bond acceptors (Lipinski definition) is 7. The first-order chi connectivity index (χ1) is 21.1. The summed E-state index contributed by atoms with van der Waals surface area (Å²) >= 11 is 0. The lowest BCUT2D eigenvalue weighted by atomic mass is 10.1. The van der Waals surface area contributed by atoms with Gasteiger partial charge in [-0.2, -0.15) is 23.0 Å². The van der Waals surface area contributed by atoms with Gasteiger partial charge in [0.1, 0.15) is 10.6 Å². The molecule has 11 nitrogen and oxygen atoms in total. The second-order valence-electron chi connectivity index (χ2n) is 10.3. The van der Waals surface area contributed by atoms with E-state index in [4.69, 9.17) is 4.74 Å². The Morgan fingerprint density at radius 3 is 2.40 bits per heavy atom. The number of amides is 1. The molecule has 0 aliphatic carbocycles. The Kier molecular flexibility index (Phi) is 9.63. The molecule has 0 fully saturated rings. The van der Waals surface area contributed by atoms with E-state index in [1.165, 1.54) is 23.7 Å². The van der Waals surface area contributed by atoms with Gasteiger partial charge < -0.3 is 10.1 Å². The van der Waals surface area contributed by atoms with Gasteiger partial charge in [-0.25, -0.2) is 13.1 Å². The molecule has 0 radical (unpaired) electrons. The molecule has 1 heterocycles. The van der Waals surface area contributed by atoms with Gasteiger partial charge in [-0.05, 0) is 63.1 Å². The summed E-state index contributed by atoms with van der Waals surface area (Å²) in [5, 5.41) is 18.5. The van der Waals surface area contributed by atoms with Crippen molar-refractivity contribution in [3.63, 3.8) is 0 Å². The molecular weight excluding hydrogens is 615 g/mol. The minimum Gasteiger partial charge on any atom is -0.437 e. The third-order valence-electron chi connectivity index (χ3n) is 6.87. The van der Waals surface area contributed by atoms with E-state index in [1.54, 1.807) is 38.1 Å². The number of carbonyl (C=O) groups is 1. The smallest absolute Gasteiger partial charge is 0.416 e. The van der Waals surface area contributed by atoms with Crippen molar-refractivity contribution >= 4 is 21.6 Å². The maximum atomic E-state index is 13.3. The Morgan fingerprint density at radius 1 is 1.09 bits per heavy atom. The molecule has 0 spiro atoms. The van der Waals surface area contributed by atoms with E-state index in [0.717, 1.165) is 35.9 Å². The van der Waals surface area contributed by atoms with Gasteiger partial charge in [-0.1, -0.05) is 36.8 Å². The van der Waals surface area contributed by atoms with Crippen LogP contribution in [-0.4, -0.2) is 35.1 Å². The maximum absolute atomic E-state index is 13.3. The number of ether oxygens (including phenoxy) is 1. The Balaban J connectivity index is 1.77. The van der Waals surface area contributed by atoms with Crippen LogP contribution in [0.1, 0.15) is 53.0 Å². The summed E-state index contributed by atoms with van der Waals surface area (Å²) in [7, 11) is -4.31. The minimum absolute atomic E-state index is 0.0584. The third-order valence-corrected chi connectivity index (χ3v) is 8.48. The van der Waals surface area contributed by atoms with Crippen LogP contribution in [-0.2, 0) is 22.7 Å². The first-order valence-electron chi connectivity index (χ1n) is 13.7. The van der Waals surface area contributed by atoms with Crippen molar-refractivity contribution in [1.82, 2.24) is 19.8 Å². The van der Waals surface area contributed by atoms with Gasteiger partial charge in [0.05, 0.1) is 16.2 Å². The first kappa shape index (κ1) is 33.1. The van der Waals surface area contributed by atoms with Crippen LogP contribution in [0.3, 0.4) is 0 Å². The van der Waals surface area contributed by atoms with Gasteiger partial charge in [-0.15, -0.1) is 0 Å². The molecule has 4 rings (SSSR count). The lowest BCUT2D eigenvalue weighted by Gasteiger charge is -2.16. The fourth-order valence-electron chi connectivity index (χ4n) is 4.22. The molecule has 238 valence electrons. The van der Waals surface area contributed by atoms with E-state index < -0.39 is 49.2 Å². The summed E-state index contributed by atoms with van der Waals surface area (Å²) in [6.45, 7) is 6.53. The van der Waals surface area contributed by atoms with Gasteiger partial charge in [0.25, 0.3) is 11.6 Å². The van der Waals surface area contributed by atoms with E-state index in [0.29, 0.717) is 12.1 Å². The molecule has 4 aromatic rings. The molecule has 0 saturated carbocycles. The standard InChI is InChI=1S/C30H30F3N5O6S/c1-5-19(3)36-45(42,43)26-16-24(38(40)41)13-14-25(26)44-29-20(4)27(35-37(29)23-11-9-18(2)10-12-23)28(39)34-17-21-7-6-8-22(15-21)30(31,32)33/h6-16,19,36H,5,17H2,1-4H3,(H,34,39)/t19-/m1/s1. The highest BCUT2D eigenvalue weighted by Crippen LogP contribution is 2.36.